The third-order valence-corrected chi connectivity index (χ3v) is 3.48. The van der Waals surface area contributed by atoms with Crippen molar-refractivity contribution in [3.05, 3.63) is 48.0 Å². The van der Waals surface area contributed by atoms with E-state index in [0.29, 0.717) is 6.42 Å². The normalized spacial score (nSPS) is 11.2. The van der Waals surface area contributed by atoms with Gasteiger partial charge >= 0.3 is 0 Å². The Kier molecular flexibility index (Phi) is 2.21. The van der Waals surface area contributed by atoms with Gasteiger partial charge in [0, 0.05) is 10.9 Å². The highest BCUT2D eigenvalue weighted by atomic mass is 14.9. The van der Waals surface area contributed by atoms with Crippen molar-refractivity contribution < 1.29 is 0 Å². The van der Waals surface area contributed by atoms with E-state index in [1.807, 2.05) is 42.5 Å². The Morgan fingerprint density at radius 3 is 2.80 bits per heavy atom. The Bertz CT molecular complexity index is 992. The van der Waals surface area contributed by atoms with Gasteiger partial charge in [-0.3, -0.25) is 0 Å². The predicted octanol–water partition coefficient (Wildman–Crippen LogP) is 3.33. The summed E-state index contributed by atoms with van der Waals surface area (Å²) in [5, 5.41) is 9.98. The molecule has 94 valence electrons. The summed E-state index contributed by atoms with van der Waals surface area (Å²) in [7, 11) is 0. The zero-order valence-electron chi connectivity index (χ0n) is 10.6. The minimum absolute atomic E-state index is 0.347. The van der Waals surface area contributed by atoms with Crippen molar-refractivity contribution in [1.82, 2.24) is 15.0 Å². The van der Waals surface area contributed by atoms with Gasteiger partial charge in [-0.25, -0.2) is 9.97 Å². The summed E-state index contributed by atoms with van der Waals surface area (Å²) < 4.78 is 0. The van der Waals surface area contributed by atoms with Crippen LogP contribution in [0.4, 0.5) is 0 Å². The van der Waals surface area contributed by atoms with Gasteiger partial charge in [-0.15, -0.1) is 0 Å². The Hall–Kier alpha value is -2.93. The molecule has 2 heterocycles. The lowest BCUT2D eigenvalue weighted by Gasteiger charge is -2.01. The Balaban J connectivity index is 2.17. The van der Waals surface area contributed by atoms with E-state index in [4.69, 9.17) is 10.2 Å². The van der Waals surface area contributed by atoms with Crippen LogP contribution in [0.1, 0.15) is 5.56 Å². The van der Waals surface area contributed by atoms with E-state index in [1.54, 1.807) is 0 Å². The highest BCUT2D eigenvalue weighted by Crippen LogP contribution is 2.25. The average molecular weight is 258 g/mol. The second-order valence-electron chi connectivity index (χ2n) is 4.71. The van der Waals surface area contributed by atoms with Gasteiger partial charge in [0.05, 0.1) is 23.5 Å². The van der Waals surface area contributed by atoms with Gasteiger partial charge in [-0.05, 0) is 17.7 Å². The zero-order chi connectivity index (χ0) is 13.5. The number of aromatic nitrogens is 3. The molecule has 0 saturated heterocycles. The summed E-state index contributed by atoms with van der Waals surface area (Å²) in [4.78, 5) is 12.7. The number of fused-ring (bicyclic) bond motifs is 4. The number of rotatable bonds is 1. The van der Waals surface area contributed by atoms with Crippen LogP contribution in [0.2, 0.25) is 0 Å². The minimum Gasteiger partial charge on any atom is -0.338 e. The Morgan fingerprint density at radius 2 is 1.90 bits per heavy atom. The largest absolute Gasteiger partial charge is 0.338 e. The summed E-state index contributed by atoms with van der Waals surface area (Å²) in [6.45, 7) is 0. The van der Waals surface area contributed by atoms with Crippen LogP contribution in [0, 0.1) is 11.3 Å². The number of H-pyrrole nitrogens is 1. The Labute approximate surface area is 114 Å². The molecule has 0 fully saturated rings. The van der Waals surface area contributed by atoms with E-state index in [0.717, 1.165) is 38.7 Å². The van der Waals surface area contributed by atoms with Crippen LogP contribution in [0.25, 0.3) is 33.1 Å². The van der Waals surface area contributed by atoms with Gasteiger partial charge in [0.15, 0.2) is 5.65 Å². The lowest BCUT2D eigenvalue weighted by atomic mass is 10.1. The molecule has 4 aromatic rings. The number of benzene rings is 2. The van der Waals surface area contributed by atoms with E-state index in [9.17, 15) is 0 Å². The number of hydrogen-bond acceptors (Lipinski definition) is 3. The fourth-order valence-electron chi connectivity index (χ4n) is 2.56. The molecule has 0 aliphatic heterocycles. The topological polar surface area (TPSA) is 65.4 Å². The van der Waals surface area contributed by atoms with Gasteiger partial charge in [0.25, 0.3) is 0 Å². The molecule has 0 bridgehead atoms. The minimum atomic E-state index is 0.347. The van der Waals surface area contributed by atoms with E-state index in [1.165, 1.54) is 0 Å². The van der Waals surface area contributed by atoms with E-state index >= 15 is 0 Å². The Morgan fingerprint density at radius 1 is 1.00 bits per heavy atom. The number of nitrogens with zero attached hydrogens (tertiary/aromatic N) is 3. The molecule has 0 atom stereocenters. The van der Waals surface area contributed by atoms with Crippen LogP contribution >= 0.6 is 0 Å². The van der Waals surface area contributed by atoms with Crippen molar-refractivity contribution >= 4 is 33.1 Å². The molecule has 0 aliphatic carbocycles. The van der Waals surface area contributed by atoms with Crippen LogP contribution in [0.15, 0.2) is 42.5 Å². The fraction of sp³-hybridized carbons (Fsp3) is 0.0625. The van der Waals surface area contributed by atoms with Crippen LogP contribution < -0.4 is 0 Å². The molecule has 4 heteroatoms. The van der Waals surface area contributed by atoms with Gasteiger partial charge in [-0.1, -0.05) is 30.3 Å². The van der Waals surface area contributed by atoms with Crippen molar-refractivity contribution in [3.63, 3.8) is 0 Å². The van der Waals surface area contributed by atoms with Gasteiger partial charge in [0.2, 0.25) is 0 Å². The summed E-state index contributed by atoms with van der Waals surface area (Å²) in [6, 6.07) is 16.0. The molecule has 0 radical (unpaired) electrons. The lowest BCUT2D eigenvalue weighted by molar-refractivity contribution is 1.25. The van der Waals surface area contributed by atoms with E-state index < -0.39 is 0 Å². The van der Waals surface area contributed by atoms with Gasteiger partial charge in [-0.2, -0.15) is 5.26 Å². The first-order valence-electron chi connectivity index (χ1n) is 6.40. The van der Waals surface area contributed by atoms with Crippen molar-refractivity contribution in [2.24, 2.45) is 0 Å². The quantitative estimate of drug-likeness (QED) is 0.569. The first kappa shape index (κ1) is 10.9. The second-order valence-corrected chi connectivity index (χ2v) is 4.71. The van der Waals surface area contributed by atoms with Crippen molar-refractivity contribution in [1.29, 1.82) is 5.26 Å². The molecular formula is C16H10N4. The summed E-state index contributed by atoms with van der Waals surface area (Å²) in [5.74, 6) is 0. The molecule has 4 rings (SSSR count). The zero-order valence-corrected chi connectivity index (χ0v) is 10.6. The monoisotopic (exact) mass is 258 g/mol. The third-order valence-electron chi connectivity index (χ3n) is 3.48. The third kappa shape index (κ3) is 1.47. The molecule has 0 amide bonds. The first-order chi connectivity index (χ1) is 9.86. The maximum Gasteiger partial charge on any atom is 0.157 e. The van der Waals surface area contributed by atoms with Gasteiger partial charge in [0.1, 0.15) is 5.52 Å². The molecule has 2 aromatic carbocycles. The highest BCUT2D eigenvalue weighted by molar-refractivity contribution is 6.05. The smallest absolute Gasteiger partial charge is 0.157 e. The number of para-hydroxylation sites is 2. The van der Waals surface area contributed by atoms with Crippen LogP contribution in [-0.4, -0.2) is 15.0 Å². The van der Waals surface area contributed by atoms with Crippen molar-refractivity contribution in [3.8, 4) is 6.07 Å². The van der Waals surface area contributed by atoms with Crippen LogP contribution in [-0.2, 0) is 6.42 Å². The van der Waals surface area contributed by atoms with Crippen LogP contribution in [0.5, 0.6) is 0 Å². The molecule has 4 nitrogen and oxygen atoms in total. The number of nitrogens with one attached hydrogen (secondary N) is 1. The first-order valence-corrected chi connectivity index (χ1v) is 6.40. The maximum absolute atomic E-state index is 8.92. The van der Waals surface area contributed by atoms with Gasteiger partial charge < -0.3 is 4.98 Å². The molecular weight excluding hydrogens is 248 g/mol. The summed E-state index contributed by atoms with van der Waals surface area (Å²) in [5.41, 5.74) is 5.22. The molecule has 0 unspecified atom stereocenters. The lowest BCUT2D eigenvalue weighted by Crippen LogP contribution is -1.91. The molecule has 2 aromatic heterocycles. The molecule has 0 saturated carbocycles. The predicted molar refractivity (Wildman–Crippen MR) is 78.2 cm³/mol. The van der Waals surface area contributed by atoms with Crippen LogP contribution in [0.3, 0.4) is 0 Å². The summed E-state index contributed by atoms with van der Waals surface area (Å²) in [6.07, 6.45) is 0.347. The standard InChI is InChI=1S/C16H10N4/c17-9-8-10-4-3-7-13-14(10)20-15-11-5-1-2-6-12(11)18-16(15)19-13/h1-7H,8H2,(H,18,19). The molecule has 0 aliphatic rings. The SMILES string of the molecule is N#CCc1cccc2nc3[nH]c4ccccc4c3nc12. The number of aromatic amines is 1. The van der Waals surface area contributed by atoms with Crippen molar-refractivity contribution in [2.75, 3.05) is 0 Å². The maximum atomic E-state index is 8.92. The molecule has 1 N–H and O–H groups in total. The van der Waals surface area contributed by atoms with Crippen molar-refractivity contribution in [2.45, 2.75) is 6.42 Å². The summed E-state index contributed by atoms with van der Waals surface area (Å²) >= 11 is 0. The van der Waals surface area contributed by atoms with E-state index in [2.05, 4.69) is 16.0 Å². The second kappa shape index (κ2) is 4.04. The highest BCUT2D eigenvalue weighted by Gasteiger charge is 2.10. The number of nitriles is 1. The van der Waals surface area contributed by atoms with E-state index in [-0.39, 0.29) is 0 Å². The molecule has 20 heavy (non-hydrogen) atoms. The molecule has 0 spiro atoms. The fourth-order valence-corrected chi connectivity index (χ4v) is 2.56. The average Bonchev–Trinajstić information content (AvgIpc) is 2.83. The number of hydrogen-bond donors (Lipinski definition) is 1.